The average Bonchev–Trinajstić information content (AvgIpc) is 3.20. The Morgan fingerprint density at radius 2 is 1.71 bits per heavy atom. The molecule has 1 saturated heterocycles. The van der Waals surface area contributed by atoms with Gasteiger partial charge in [-0.3, -0.25) is 4.79 Å². The van der Waals surface area contributed by atoms with Gasteiger partial charge in [-0.1, -0.05) is 54.1 Å². The summed E-state index contributed by atoms with van der Waals surface area (Å²) in [4.78, 5) is 16.2. The Balaban J connectivity index is 1.72. The second-order valence-electron chi connectivity index (χ2n) is 8.66. The number of benzene rings is 3. The lowest BCUT2D eigenvalue weighted by Crippen LogP contribution is -2.44. The van der Waals surface area contributed by atoms with Gasteiger partial charge in [-0.05, 0) is 60.5 Å². The highest BCUT2D eigenvalue weighted by molar-refractivity contribution is 6.30. The number of rotatable bonds is 5. The van der Waals surface area contributed by atoms with Crippen molar-refractivity contribution in [2.75, 3.05) is 11.5 Å². The van der Waals surface area contributed by atoms with Crippen LogP contribution in [0.25, 0.3) is 6.08 Å². The summed E-state index contributed by atoms with van der Waals surface area (Å²) >= 11 is 6.15. The number of ketones is 1. The molecule has 1 fully saturated rings. The zero-order chi connectivity index (χ0) is 24.6. The Morgan fingerprint density at radius 3 is 2.37 bits per heavy atom. The molecule has 0 radical (unpaired) electrons. The quantitative estimate of drug-likeness (QED) is 0.418. The molecule has 0 aromatic heterocycles. The highest BCUT2D eigenvalue weighted by Gasteiger charge is 2.63. The molecule has 0 bridgehead atoms. The molecule has 0 amide bonds. The maximum atomic E-state index is 14.2. The van der Waals surface area contributed by atoms with Gasteiger partial charge in [-0.25, -0.2) is 0 Å². The average molecular weight is 480 g/mol. The molecular weight excluding hydrogens is 458 g/mol. The molecule has 2 heterocycles. The molecule has 0 unspecified atom stereocenters. The van der Waals surface area contributed by atoms with Gasteiger partial charge in [0.25, 0.3) is 0 Å². The molecule has 6 heteroatoms. The smallest absolute Gasteiger partial charge is 0.185 e. The maximum absolute atomic E-state index is 14.2. The normalized spacial score (nSPS) is 21.4. The first kappa shape index (κ1) is 22.7. The van der Waals surface area contributed by atoms with Gasteiger partial charge in [0, 0.05) is 22.2 Å². The standard InChI is InChI=1S/C29H22ClN3O2/c1-2-35-23-14-9-21(10-15-23)28(34)27-26(20-7-12-22(30)13-8-20)29(17-31,18-32)25-16-11-19-5-3-4-6-24(19)33(25)27/h3-16,25-27H,2H2,1H3/t25-,26+,27-/m1/s1. The van der Waals surface area contributed by atoms with E-state index >= 15 is 0 Å². The number of halogens is 1. The summed E-state index contributed by atoms with van der Waals surface area (Å²) in [7, 11) is 0. The van der Waals surface area contributed by atoms with Crippen molar-refractivity contribution in [2.24, 2.45) is 5.41 Å². The van der Waals surface area contributed by atoms with Crippen LogP contribution in [0, 0.1) is 28.1 Å². The van der Waals surface area contributed by atoms with E-state index in [9.17, 15) is 15.3 Å². The van der Waals surface area contributed by atoms with Gasteiger partial charge in [0.2, 0.25) is 0 Å². The lowest BCUT2D eigenvalue weighted by atomic mass is 9.69. The van der Waals surface area contributed by atoms with Crippen LogP contribution >= 0.6 is 11.6 Å². The first-order valence-corrected chi connectivity index (χ1v) is 11.8. The third-order valence-corrected chi connectivity index (χ3v) is 7.11. The van der Waals surface area contributed by atoms with E-state index in [1.165, 1.54) is 0 Å². The first-order chi connectivity index (χ1) is 17.0. The van der Waals surface area contributed by atoms with E-state index in [2.05, 4.69) is 12.1 Å². The van der Waals surface area contributed by atoms with E-state index in [0.29, 0.717) is 22.9 Å². The van der Waals surface area contributed by atoms with Gasteiger partial charge in [0.15, 0.2) is 11.2 Å². The molecule has 0 N–H and O–H groups in total. The molecule has 5 rings (SSSR count). The molecule has 2 aliphatic heterocycles. The highest BCUT2D eigenvalue weighted by Crippen LogP contribution is 2.55. The summed E-state index contributed by atoms with van der Waals surface area (Å²) in [6.07, 6.45) is 3.81. The van der Waals surface area contributed by atoms with Crippen LogP contribution in [0.5, 0.6) is 5.75 Å². The molecule has 5 nitrogen and oxygen atoms in total. The SMILES string of the molecule is CCOc1ccc(C(=O)[C@H]2[C@H](c3ccc(Cl)cc3)C(C#N)(C#N)[C@H]3C=Cc4ccccc4N23)cc1. The monoisotopic (exact) mass is 479 g/mol. The summed E-state index contributed by atoms with van der Waals surface area (Å²) in [5.74, 6) is -0.178. The minimum absolute atomic E-state index is 0.157. The molecule has 3 atom stereocenters. The van der Waals surface area contributed by atoms with E-state index < -0.39 is 23.4 Å². The number of fused-ring (bicyclic) bond motifs is 3. The molecule has 0 saturated carbocycles. The number of nitriles is 2. The molecule has 172 valence electrons. The van der Waals surface area contributed by atoms with E-state index in [1.807, 2.05) is 60.4 Å². The number of anilines is 1. The molecule has 0 spiro atoms. The summed E-state index contributed by atoms with van der Waals surface area (Å²) in [5.41, 5.74) is 1.51. The minimum atomic E-state index is -1.48. The molecular formula is C29H22ClN3O2. The van der Waals surface area contributed by atoms with Crippen LogP contribution in [0.2, 0.25) is 5.02 Å². The topological polar surface area (TPSA) is 77.1 Å². The summed E-state index contributed by atoms with van der Waals surface area (Å²) < 4.78 is 5.54. The number of ether oxygens (including phenoxy) is 1. The lowest BCUT2D eigenvalue weighted by molar-refractivity contribution is 0.0951. The number of hydrogen-bond acceptors (Lipinski definition) is 5. The van der Waals surface area contributed by atoms with Crippen LogP contribution in [0.1, 0.15) is 34.3 Å². The van der Waals surface area contributed by atoms with Gasteiger partial charge in [-0.2, -0.15) is 10.5 Å². The van der Waals surface area contributed by atoms with Gasteiger partial charge < -0.3 is 9.64 Å². The molecule has 35 heavy (non-hydrogen) atoms. The predicted octanol–water partition coefficient (Wildman–Crippen LogP) is 6.02. The number of para-hydroxylation sites is 1. The summed E-state index contributed by atoms with van der Waals surface area (Å²) in [6, 6.07) is 25.1. The summed E-state index contributed by atoms with van der Waals surface area (Å²) in [6.45, 7) is 2.43. The first-order valence-electron chi connectivity index (χ1n) is 11.4. The van der Waals surface area contributed by atoms with E-state index in [-0.39, 0.29) is 5.78 Å². The zero-order valence-corrected chi connectivity index (χ0v) is 19.8. The maximum Gasteiger partial charge on any atom is 0.185 e. The van der Waals surface area contributed by atoms with Gasteiger partial charge in [-0.15, -0.1) is 0 Å². The van der Waals surface area contributed by atoms with Crippen LogP contribution in [0.4, 0.5) is 5.69 Å². The van der Waals surface area contributed by atoms with Crippen molar-refractivity contribution in [3.8, 4) is 17.9 Å². The third kappa shape index (κ3) is 3.57. The Labute approximate surface area is 209 Å². The number of carbonyl (C=O) groups excluding carboxylic acids is 1. The van der Waals surface area contributed by atoms with Crippen molar-refractivity contribution in [1.82, 2.24) is 0 Å². The van der Waals surface area contributed by atoms with Crippen LogP contribution in [-0.4, -0.2) is 24.5 Å². The van der Waals surface area contributed by atoms with Gasteiger partial charge in [0.1, 0.15) is 11.8 Å². The zero-order valence-electron chi connectivity index (χ0n) is 19.1. The Hall–Kier alpha value is -4.06. The van der Waals surface area contributed by atoms with Crippen LogP contribution in [0.15, 0.2) is 78.9 Å². The van der Waals surface area contributed by atoms with Crippen molar-refractivity contribution in [3.05, 3.63) is 101 Å². The number of carbonyl (C=O) groups is 1. The fourth-order valence-corrected chi connectivity index (χ4v) is 5.46. The number of nitrogens with zero attached hydrogens (tertiary/aromatic N) is 3. The Morgan fingerprint density at radius 1 is 1.03 bits per heavy atom. The van der Waals surface area contributed by atoms with E-state index in [4.69, 9.17) is 16.3 Å². The van der Waals surface area contributed by atoms with Crippen molar-refractivity contribution in [3.63, 3.8) is 0 Å². The van der Waals surface area contributed by atoms with Crippen LogP contribution in [-0.2, 0) is 0 Å². The van der Waals surface area contributed by atoms with Crippen LogP contribution in [0.3, 0.4) is 0 Å². The molecule has 3 aromatic carbocycles. The largest absolute Gasteiger partial charge is 0.494 e. The van der Waals surface area contributed by atoms with Crippen molar-refractivity contribution in [1.29, 1.82) is 10.5 Å². The van der Waals surface area contributed by atoms with Crippen molar-refractivity contribution in [2.45, 2.75) is 24.9 Å². The van der Waals surface area contributed by atoms with Crippen molar-refractivity contribution < 1.29 is 9.53 Å². The summed E-state index contributed by atoms with van der Waals surface area (Å²) in [5, 5.41) is 21.5. The second kappa shape index (κ2) is 8.95. The third-order valence-electron chi connectivity index (χ3n) is 6.86. The Kier molecular flexibility index (Phi) is 5.81. The van der Waals surface area contributed by atoms with Gasteiger partial charge >= 0.3 is 0 Å². The Bertz CT molecular complexity index is 1370. The second-order valence-corrected chi connectivity index (χ2v) is 9.09. The van der Waals surface area contributed by atoms with Gasteiger partial charge in [0.05, 0.1) is 24.8 Å². The van der Waals surface area contributed by atoms with Crippen molar-refractivity contribution >= 4 is 29.1 Å². The van der Waals surface area contributed by atoms with Crippen LogP contribution < -0.4 is 9.64 Å². The lowest BCUT2D eigenvalue weighted by Gasteiger charge is -2.35. The number of Topliss-reactive ketones (excluding diaryl/α,β-unsaturated/α-hetero) is 1. The molecule has 0 aliphatic carbocycles. The molecule has 3 aromatic rings. The molecule has 2 aliphatic rings. The minimum Gasteiger partial charge on any atom is -0.494 e. The fraction of sp³-hybridized carbons (Fsp3) is 0.207. The fourth-order valence-electron chi connectivity index (χ4n) is 5.33. The number of hydrogen-bond donors (Lipinski definition) is 0. The predicted molar refractivity (Wildman–Crippen MR) is 135 cm³/mol. The van der Waals surface area contributed by atoms with E-state index in [0.717, 1.165) is 16.8 Å². The highest BCUT2D eigenvalue weighted by atomic mass is 35.5. The van der Waals surface area contributed by atoms with E-state index in [1.54, 1.807) is 36.4 Å².